The van der Waals surface area contributed by atoms with Crippen molar-refractivity contribution in [2.45, 2.75) is 12.8 Å². The fourth-order valence-corrected chi connectivity index (χ4v) is 2.70. The number of carbonyl (C=O) groups is 3. The summed E-state index contributed by atoms with van der Waals surface area (Å²) >= 11 is 0. The summed E-state index contributed by atoms with van der Waals surface area (Å²) < 4.78 is 5.05. The number of amides is 2. The van der Waals surface area contributed by atoms with E-state index in [0.29, 0.717) is 16.8 Å². The number of hydrogen-bond acceptors (Lipinski definition) is 5. The molecule has 152 valence electrons. The van der Waals surface area contributed by atoms with Crippen molar-refractivity contribution in [3.63, 3.8) is 0 Å². The predicted molar refractivity (Wildman–Crippen MR) is 113 cm³/mol. The maximum absolute atomic E-state index is 12.7. The van der Waals surface area contributed by atoms with Gasteiger partial charge in [-0.3, -0.25) is 14.9 Å². The highest BCUT2D eigenvalue weighted by molar-refractivity contribution is 6.14. The highest BCUT2D eigenvalue weighted by Crippen LogP contribution is 2.19. The molecule has 0 radical (unpaired) electrons. The number of alkyl carbamates (subject to hydrolysis) is 1. The van der Waals surface area contributed by atoms with E-state index in [0.717, 1.165) is 5.56 Å². The van der Waals surface area contributed by atoms with Crippen LogP contribution in [0.1, 0.15) is 21.5 Å². The van der Waals surface area contributed by atoms with Crippen LogP contribution in [0.4, 0.5) is 10.5 Å². The first-order valence-electron chi connectivity index (χ1n) is 9.27. The Bertz CT molecular complexity index is 1020. The Morgan fingerprint density at radius 2 is 1.43 bits per heavy atom. The Hall–Kier alpha value is -3.97. The highest BCUT2D eigenvalue weighted by Gasteiger charge is 2.20. The zero-order valence-electron chi connectivity index (χ0n) is 16.1. The molecule has 3 aromatic carbocycles. The van der Waals surface area contributed by atoms with Gasteiger partial charge in [0.1, 0.15) is 6.61 Å². The number of para-hydroxylation sites is 1. The quantitative estimate of drug-likeness (QED) is 0.415. The Morgan fingerprint density at radius 1 is 0.833 bits per heavy atom. The maximum atomic E-state index is 12.7. The van der Waals surface area contributed by atoms with Crippen molar-refractivity contribution in [2.24, 2.45) is 5.73 Å². The zero-order valence-corrected chi connectivity index (χ0v) is 16.1. The Morgan fingerprint density at radius 3 is 2.13 bits per heavy atom. The second kappa shape index (κ2) is 9.99. The van der Waals surface area contributed by atoms with E-state index < -0.39 is 18.2 Å². The molecule has 7 heteroatoms. The van der Waals surface area contributed by atoms with Crippen molar-refractivity contribution in [2.75, 3.05) is 5.32 Å². The number of benzene rings is 3. The normalized spacial score (nSPS) is 11.2. The molecule has 0 bridgehead atoms. The summed E-state index contributed by atoms with van der Waals surface area (Å²) in [6.07, 6.45) is -2.18. The topological polar surface area (TPSA) is 111 Å². The van der Waals surface area contributed by atoms with Crippen molar-refractivity contribution in [3.05, 3.63) is 102 Å². The molecule has 3 aromatic rings. The molecular formula is C23H21N3O4. The van der Waals surface area contributed by atoms with E-state index in [1.807, 2.05) is 24.3 Å². The number of nitrogens with two attached hydrogens (primary N) is 1. The van der Waals surface area contributed by atoms with Crippen LogP contribution in [-0.4, -0.2) is 23.9 Å². The first-order valence-corrected chi connectivity index (χ1v) is 9.27. The van der Waals surface area contributed by atoms with Gasteiger partial charge in [-0.25, -0.2) is 4.79 Å². The summed E-state index contributed by atoms with van der Waals surface area (Å²) in [5, 5.41) is 4.86. The van der Waals surface area contributed by atoms with E-state index in [1.54, 1.807) is 60.7 Å². The number of anilines is 1. The van der Waals surface area contributed by atoms with Crippen molar-refractivity contribution >= 4 is 23.5 Å². The second-order valence-corrected chi connectivity index (χ2v) is 6.41. The molecule has 30 heavy (non-hydrogen) atoms. The molecule has 0 aromatic heterocycles. The molecule has 0 aliphatic rings. The first-order chi connectivity index (χ1) is 14.5. The summed E-state index contributed by atoms with van der Waals surface area (Å²) in [5.41, 5.74) is 7.67. The van der Waals surface area contributed by atoms with Crippen LogP contribution in [0.2, 0.25) is 0 Å². The van der Waals surface area contributed by atoms with Crippen molar-refractivity contribution < 1.29 is 19.1 Å². The molecule has 0 spiro atoms. The third-order valence-corrected chi connectivity index (χ3v) is 4.23. The monoisotopic (exact) mass is 403 g/mol. The van der Waals surface area contributed by atoms with E-state index in [2.05, 4.69) is 10.6 Å². The smallest absolute Gasteiger partial charge is 0.409 e. The van der Waals surface area contributed by atoms with Gasteiger partial charge in [-0.05, 0) is 17.7 Å². The van der Waals surface area contributed by atoms with Crippen LogP contribution in [0.3, 0.4) is 0 Å². The minimum atomic E-state index is -1.35. The summed E-state index contributed by atoms with van der Waals surface area (Å²) in [5.74, 6) is -0.921. The van der Waals surface area contributed by atoms with E-state index in [1.165, 1.54) is 0 Å². The molecule has 0 saturated carbocycles. The van der Waals surface area contributed by atoms with E-state index >= 15 is 0 Å². The van der Waals surface area contributed by atoms with Crippen molar-refractivity contribution in [1.29, 1.82) is 0 Å². The van der Waals surface area contributed by atoms with Crippen LogP contribution in [0.5, 0.6) is 0 Å². The lowest BCUT2D eigenvalue weighted by Crippen LogP contribution is -2.50. The molecule has 0 saturated heterocycles. The summed E-state index contributed by atoms with van der Waals surface area (Å²) in [4.78, 5) is 37.1. The summed E-state index contributed by atoms with van der Waals surface area (Å²) in [6.45, 7) is 0.0510. The third kappa shape index (κ3) is 5.52. The van der Waals surface area contributed by atoms with Crippen LogP contribution in [-0.2, 0) is 16.1 Å². The maximum Gasteiger partial charge on any atom is 0.409 e. The number of nitrogens with one attached hydrogen (secondary N) is 2. The van der Waals surface area contributed by atoms with Gasteiger partial charge in [0.15, 0.2) is 11.9 Å². The lowest BCUT2D eigenvalue weighted by molar-refractivity contribution is -0.118. The molecular weight excluding hydrogens is 382 g/mol. The average molecular weight is 403 g/mol. The van der Waals surface area contributed by atoms with Crippen LogP contribution in [0, 0.1) is 0 Å². The number of ketones is 1. The molecule has 0 fully saturated rings. The predicted octanol–water partition coefficient (Wildman–Crippen LogP) is 3.07. The molecule has 0 aliphatic carbocycles. The van der Waals surface area contributed by atoms with Gasteiger partial charge in [0, 0.05) is 11.1 Å². The van der Waals surface area contributed by atoms with Gasteiger partial charge in [-0.1, -0.05) is 72.8 Å². The molecule has 1 unspecified atom stereocenters. The fraction of sp³-hybridized carbons (Fsp3) is 0.0870. The lowest BCUT2D eigenvalue weighted by Gasteiger charge is -2.16. The Labute approximate surface area is 173 Å². The first kappa shape index (κ1) is 20.8. The van der Waals surface area contributed by atoms with Gasteiger partial charge in [-0.15, -0.1) is 0 Å². The number of hydrogen-bond donors (Lipinski definition) is 3. The molecule has 4 N–H and O–H groups in total. The molecule has 3 rings (SSSR count). The van der Waals surface area contributed by atoms with Crippen molar-refractivity contribution in [3.8, 4) is 0 Å². The standard InChI is InChI=1S/C23H21N3O4/c24-21(26-23(29)30-15-16-9-3-1-4-10-16)22(28)25-19-14-8-7-13-18(19)20(27)17-11-5-2-6-12-17/h1-14,21H,15,24H2,(H,25,28)(H,26,29). The minimum absolute atomic E-state index is 0.0510. The largest absolute Gasteiger partial charge is 0.445 e. The van der Waals surface area contributed by atoms with Gasteiger partial charge >= 0.3 is 6.09 Å². The minimum Gasteiger partial charge on any atom is -0.445 e. The summed E-state index contributed by atoms with van der Waals surface area (Å²) in [6, 6.07) is 24.4. The highest BCUT2D eigenvalue weighted by atomic mass is 16.5. The van der Waals surface area contributed by atoms with E-state index in [4.69, 9.17) is 10.5 Å². The molecule has 0 heterocycles. The van der Waals surface area contributed by atoms with Crippen LogP contribution < -0.4 is 16.4 Å². The van der Waals surface area contributed by atoms with Crippen LogP contribution in [0.15, 0.2) is 84.9 Å². The fourth-order valence-electron chi connectivity index (χ4n) is 2.70. The zero-order chi connectivity index (χ0) is 21.3. The SMILES string of the molecule is NC(NC(=O)OCc1ccccc1)C(=O)Nc1ccccc1C(=O)c1ccccc1. The van der Waals surface area contributed by atoms with Gasteiger partial charge in [-0.2, -0.15) is 0 Å². The van der Waals surface area contributed by atoms with E-state index in [-0.39, 0.29) is 12.4 Å². The van der Waals surface area contributed by atoms with Crippen molar-refractivity contribution in [1.82, 2.24) is 5.32 Å². The van der Waals surface area contributed by atoms with Gasteiger partial charge in [0.25, 0.3) is 5.91 Å². The van der Waals surface area contributed by atoms with Gasteiger partial charge < -0.3 is 15.8 Å². The molecule has 7 nitrogen and oxygen atoms in total. The average Bonchev–Trinajstić information content (AvgIpc) is 2.79. The van der Waals surface area contributed by atoms with Gasteiger partial charge in [0.05, 0.1) is 5.69 Å². The number of ether oxygens (including phenoxy) is 1. The van der Waals surface area contributed by atoms with E-state index in [9.17, 15) is 14.4 Å². The second-order valence-electron chi connectivity index (χ2n) is 6.41. The lowest BCUT2D eigenvalue weighted by atomic mass is 10.0. The Kier molecular flexibility index (Phi) is 6.91. The summed E-state index contributed by atoms with van der Waals surface area (Å²) in [7, 11) is 0. The van der Waals surface area contributed by atoms with Crippen LogP contribution >= 0.6 is 0 Å². The number of rotatable bonds is 7. The molecule has 1 atom stereocenters. The molecule has 0 aliphatic heterocycles. The number of carbonyl (C=O) groups excluding carboxylic acids is 3. The Balaban J connectivity index is 1.60. The third-order valence-electron chi connectivity index (χ3n) is 4.23. The molecule has 2 amide bonds. The van der Waals surface area contributed by atoms with Crippen LogP contribution in [0.25, 0.3) is 0 Å². The van der Waals surface area contributed by atoms with Gasteiger partial charge in [0.2, 0.25) is 0 Å².